The average Bonchev–Trinajstić information content (AvgIpc) is 3.35. The summed E-state index contributed by atoms with van der Waals surface area (Å²) in [6, 6.07) is 23.7. The molecule has 0 saturated carbocycles. The molecule has 0 atom stereocenters. The van der Waals surface area contributed by atoms with E-state index in [1.165, 1.54) is 18.2 Å². The number of nitriles is 2. The van der Waals surface area contributed by atoms with Crippen LogP contribution in [0.3, 0.4) is 0 Å². The third kappa shape index (κ3) is 10.7. The Morgan fingerprint density at radius 1 is 0.976 bits per heavy atom. The molecular formula is C28H18Cl2F2K2N2O5. The maximum Gasteiger partial charge on any atom is 1.00 e. The van der Waals surface area contributed by atoms with Crippen molar-refractivity contribution in [2.45, 2.75) is 0 Å². The Balaban J connectivity index is 0. The molecule has 5 rings (SSSR count). The van der Waals surface area contributed by atoms with E-state index in [2.05, 4.69) is 11.0 Å². The summed E-state index contributed by atoms with van der Waals surface area (Å²) in [5.41, 5.74) is 2.70. The molecule has 1 heterocycles. The molecule has 0 fully saturated rings. The Labute approximate surface area is 331 Å². The quantitative estimate of drug-likeness (QED) is 0.131. The van der Waals surface area contributed by atoms with Gasteiger partial charge in [0.15, 0.2) is 5.58 Å². The number of nitrogens with zero attached hydrogens (tertiary/aromatic N) is 2. The molecule has 0 radical (unpaired) electrons. The summed E-state index contributed by atoms with van der Waals surface area (Å²) in [5.74, 6) is -0.737. The first-order valence-electron chi connectivity index (χ1n) is 11.2. The number of rotatable bonds is 2. The summed E-state index contributed by atoms with van der Waals surface area (Å²) in [6.45, 7) is -0.181. The third-order valence-corrected chi connectivity index (χ3v) is 5.60. The Morgan fingerprint density at radius 2 is 1.54 bits per heavy atom. The number of furan rings is 1. The van der Waals surface area contributed by atoms with Gasteiger partial charge >= 0.3 is 103 Å². The van der Waals surface area contributed by atoms with Crippen LogP contribution in [-0.4, -0.2) is 18.7 Å². The molecule has 0 bridgehead atoms. The number of carbonyl (C=O) groups is 1. The van der Waals surface area contributed by atoms with Gasteiger partial charge in [-0.3, -0.25) is 9.18 Å². The normalized spacial score (nSPS) is 9.29. The Morgan fingerprint density at radius 3 is 2.12 bits per heavy atom. The predicted molar refractivity (Wildman–Crippen MR) is 142 cm³/mol. The fourth-order valence-corrected chi connectivity index (χ4v) is 3.76. The van der Waals surface area contributed by atoms with Gasteiger partial charge in [0.05, 0.1) is 41.8 Å². The number of para-hydroxylation sites is 2. The number of hydrogen-bond donors (Lipinski definition) is 1. The number of carbonyl (C=O) groups excluding carboxylic acids is 1. The SMILES string of the molecule is N#Cc1ccc(-c2cccc(Cl)c2O)c(F)c1.N#Cc1ccc2c(c1)oc1c(Cl)cccc12.O=CO[O-].[2H]CF.[H-].[K+].[K+]. The average molecular weight is 651 g/mol. The summed E-state index contributed by atoms with van der Waals surface area (Å²) in [6.07, 6.45) is 0. The van der Waals surface area contributed by atoms with Gasteiger partial charge in [0.25, 0.3) is 6.47 Å². The number of alkyl halides is 1. The summed E-state index contributed by atoms with van der Waals surface area (Å²) < 4.78 is 34.9. The van der Waals surface area contributed by atoms with Crippen molar-refractivity contribution in [3.63, 3.8) is 0 Å². The molecule has 4 aromatic carbocycles. The fourth-order valence-electron chi connectivity index (χ4n) is 3.37. The zero-order valence-corrected chi connectivity index (χ0v) is 29.5. The first kappa shape index (κ1) is 37.6. The Hall–Kier alpha value is -1.40. The van der Waals surface area contributed by atoms with Crippen LogP contribution in [0.5, 0.6) is 5.75 Å². The summed E-state index contributed by atoms with van der Waals surface area (Å²) >= 11 is 11.8. The topological polar surface area (TPSA) is 130 Å². The van der Waals surface area contributed by atoms with E-state index in [0.29, 0.717) is 27.3 Å². The molecule has 13 heteroatoms. The van der Waals surface area contributed by atoms with Gasteiger partial charge in [-0.15, -0.1) is 0 Å². The summed E-state index contributed by atoms with van der Waals surface area (Å²) in [4.78, 5) is 11.2. The Kier molecular flexibility index (Phi) is 18.8. The van der Waals surface area contributed by atoms with Gasteiger partial charge in [0, 0.05) is 21.9 Å². The second-order valence-electron chi connectivity index (χ2n) is 7.18. The van der Waals surface area contributed by atoms with Gasteiger partial charge in [0.2, 0.25) is 0 Å². The van der Waals surface area contributed by atoms with Crippen LogP contribution in [0.2, 0.25) is 10.0 Å². The van der Waals surface area contributed by atoms with Gasteiger partial charge in [-0.1, -0.05) is 47.5 Å². The first-order chi connectivity index (χ1) is 19.3. The minimum Gasteiger partial charge on any atom is -1.00 e. The first-order valence-corrected chi connectivity index (χ1v) is 11.3. The van der Waals surface area contributed by atoms with Crippen LogP contribution in [0.25, 0.3) is 33.1 Å². The maximum atomic E-state index is 13.7. The van der Waals surface area contributed by atoms with Crippen molar-refractivity contribution >= 4 is 51.6 Å². The third-order valence-electron chi connectivity index (χ3n) is 4.99. The van der Waals surface area contributed by atoms with Crippen molar-refractivity contribution in [1.29, 1.82) is 10.5 Å². The molecule has 200 valence electrons. The fraction of sp³-hybridized carbons (Fsp3) is 0.0357. The molecule has 0 unspecified atom stereocenters. The molecule has 0 aliphatic rings. The predicted octanol–water partition coefficient (Wildman–Crippen LogP) is 0.975. The number of benzene rings is 4. The number of phenols is 1. The Bertz CT molecular complexity index is 1720. The van der Waals surface area contributed by atoms with Gasteiger partial charge in [0.1, 0.15) is 17.1 Å². The molecule has 5 aromatic rings. The molecule has 1 aromatic heterocycles. The van der Waals surface area contributed by atoms with Crippen molar-refractivity contribution in [2.24, 2.45) is 0 Å². The zero-order chi connectivity index (χ0) is 29.7. The van der Waals surface area contributed by atoms with Crippen molar-refractivity contribution in [1.82, 2.24) is 0 Å². The summed E-state index contributed by atoms with van der Waals surface area (Å²) in [7, 11) is -1.00. The van der Waals surface area contributed by atoms with Crippen LogP contribution in [0.4, 0.5) is 8.78 Å². The van der Waals surface area contributed by atoms with Crippen LogP contribution in [0, 0.1) is 28.5 Å². The molecule has 0 amide bonds. The monoisotopic (exact) mass is 649 g/mol. The molecule has 0 saturated heterocycles. The molecule has 7 nitrogen and oxygen atoms in total. The number of hydrogen-bond acceptors (Lipinski definition) is 7. The second-order valence-corrected chi connectivity index (χ2v) is 7.99. The standard InChI is InChI=1S/C13H7ClFNO.C13H6ClNO.CH3F.CH2O3.2K.H/c14-11-3-1-2-10(13(11)17)9-5-4-8(7-16)6-12(9)15;14-11-3-1-2-10-9-5-4-8(7-15)6-12(9)16-13(10)11;1-2;2-1-4-3;;;/h1-6,17H;1-6H;1H3;1,3H;;;/q;;;;2*+1;-1/p-1/i;;1D;;;;. The van der Waals surface area contributed by atoms with Crippen LogP contribution in [0.1, 0.15) is 13.9 Å². The number of phenolic OH excluding ortho intramolecular Hbond substituents is 1. The van der Waals surface area contributed by atoms with E-state index in [9.17, 15) is 13.9 Å². The number of fused-ring (bicyclic) bond motifs is 3. The van der Waals surface area contributed by atoms with Crippen LogP contribution < -0.4 is 108 Å². The molecule has 0 aliphatic carbocycles. The van der Waals surface area contributed by atoms with Gasteiger partial charge in [-0.05, 0) is 48.5 Å². The molecule has 0 aliphatic heterocycles. The van der Waals surface area contributed by atoms with Crippen molar-refractivity contribution in [3.8, 4) is 29.0 Å². The minimum absolute atomic E-state index is 0. The molecular weight excluding hydrogens is 631 g/mol. The van der Waals surface area contributed by atoms with Gasteiger partial charge in [-0.25, -0.2) is 4.39 Å². The van der Waals surface area contributed by atoms with E-state index in [4.69, 9.17) is 49.6 Å². The molecule has 1 N–H and O–H groups in total. The van der Waals surface area contributed by atoms with Crippen molar-refractivity contribution in [2.75, 3.05) is 7.15 Å². The van der Waals surface area contributed by atoms with Gasteiger partial charge in [-0.2, -0.15) is 10.5 Å². The van der Waals surface area contributed by atoms with E-state index in [1.54, 1.807) is 30.3 Å². The van der Waals surface area contributed by atoms with E-state index < -0.39 is 13.0 Å². The van der Waals surface area contributed by atoms with Crippen LogP contribution >= 0.6 is 23.2 Å². The minimum atomic E-state index is -1.00. The molecule has 41 heavy (non-hydrogen) atoms. The van der Waals surface area contributed by atoms with E-state index >= 15 is 0 Å². The van der Waals surface area contributed by atoms with E-state index in [0.717, 1.165) is 16.8 Å². The van der Waals surface area contributed by atoms with Crippen molar-refractivity contribution < 1.29 is 139 Å². The van der Waals surface area contributed by atoms with Crippen molar-refractivity contribution in [3.05, 3.63) is 99.8 Å². The van der Waals surface area contributed by atoms with E-state index in [1.807, 2.05) is 24.3 Å². The zero-order valence-electron chi connectivity index (χ0n) is 23.7. The second kappa shape index (κ2) is 20.5. The van der Waals surface area contributed by atoms with Crippen LogP contribution in [0.15, 0.2) is 77.2 Å². The maximum absolute atomic E-state index is 13.7. The molecule has 0 spiro atoms. The van der Waals surface area contributed by atoms with E-state index in [-0.39, 0.29) is 133 Å². The van der Waals surface area contributed by atoms with Crippen LogP contribution in [-0.2, 0) is 9.68 Å². The smallest absolute Gasteiger partial charge is 1.00 e. The summed E-state index contributed by atoms with van der Waals surface area (Å²) in [5, 5.41) is 38.3. The van der Waals surface area contributed by atoms with Gasteiger partial charge < -0.3 is 21.1 Å². The largest absolute Gasteiger partial charge is 1.00 e. The number of aromatic hydroxyl groups is 1. The number of halogens is 4.